The summed E-state index contributed by atoms with van der Waals surface area (Å²) in [7, 11) is 1.37. The number of fused-ring (bicyclic) bond motifs is 1. The van der Waals surface area contributed by atoms with E-state index in [-0.39, 0.29) is 11.9 Å². The summed E-state index contributed by atoms with van der Waals surface area (Å²) in [4.78, 5) is 28.3. The Morgan fingerprint density at radius 1 is 1.03 bits per heavy atom. The summed E-state index contributed by atoms with van der Waals surface area (Å²) in [5.41, 5.74) is 10.2. The van der Waals surface area contributed by atoms with Gasteiger partial charge in [0.05, 0.1) is 18.7 Å². The molecule has 0 spiro atoms. The number of thiophene rings is 1. The van der Waals surface area contributed by atoms with Crippen LogP contribution in [0.5, 0.6) is 0 Å². The molecule has 5 nitrogen and oxygen atoms in total. The number of hydrogen-bond donors (Lipinski definition) is 1. The average Bonchev–Trinajstić information content (AvgIpc) is 3.39. The first-order valence-electron chi connectivity index (χ1n) is 9.44. The van der Waals surface area contributed by atoms with Crippen LogP contribution in [0.1, 0.15) is 26.4 Å². The zero-order valence-corrected chi connectivity index (χ0v) is 16.9. The van der Waals surface area contributed by atoms with Crippen LogP contribution in [0.4, 0.5) is 0 Å². The normalized spacial score (nSPS) is 13.8. The number of ether oxygens (including phenoxy) is 1. The first kappa shape index (κ1) is 19.4. The van der Waals surface area contributed by atoms with E-state index >= 15 is 0 Å². The fourth-order valence-corrected chi connectivity index (χ4v) is 4.63. The predicted octanol–water partition coefficient (Wildman–Crippen LogP) is 3.61. The molecule has 0 radical (unpaired) electrons. The van der Waals surface area contributed by atoms with Crippen LogP contribution in [-0.2, 0) is 29.0 Å². The second-order valence-corrected chi connectivity index (χ2v) is 8.28. The van der Waals surface area contributed by atoms with Crippen molar-refractivity contribution in [2.45, 2.75) is 25.6 Å². The quantitative estimate of drug-likeness (QED) is 0.657. The van der Waals surface area contributed by atoms with Gasteiger partial charge in [-0.2, -0.15) is 0 Å². The molecule has 148 valence electrons. The highest BCUT2D eigenvalue weighted by Gasteiger charge is 2.27. The van der Waals surface area contributed by atoms with Crippen molar-refractivity contribution >= 4 is 23.2 Å². The third kappa shape index (κ3) is 4.09. The number of carbonyl (C=O) groups is 2. The molecule has 1 amide bonds. The maximum absolute atomic E-state index is 12.8. The molecule has 0 saturated carbocycles. The van der Waals surface area contributed by atoms with Crippen LogP contribution < -0.4 is 5.73 Å². The van der Waals surface area contributed by atoms with Gasteiger partial charge >= 0.3 is 5.97 Å². The summed E-state index contributed by atoms with van der Waals surface area (Å²) < 4.78 is 4.73. The van der Waals surface area contributed by atoms with Crippen molar-refractivity contribution in [3.8, 4) is 10.4 Å². The number of hydrogen-bond acceptors (Lipinski definition) is 5. The molecule has 0 fully saturated rings. The van der Waals surface area contributed by atoms with Gasteiger partial charge < -0.3 is 15.4 Å². The van der Waals surface area contributed by atoms with Gasteiger partial charge in [0.2, 0.25) is 5.91 Å². The monoisotopic (exact) mass is 406 g/mol. The third-order valence-electron chi connectivity index (χ3n) is 5.14. The SMILES string of the molecule is COC(=O)c1ccc(-c2ccc(CC(N)C(=O)N3Cc4ccccc4C3)s2)cc1. The van der Waals surface area contributed by atoms with E-state index in [0.717, 1.165) is 15.3 Å². The number of methoxy groups -OCH3 is 1. The lowest BCUT2D eigenvalue weighted by Crippen LogP contribution is -2.42. The van der Waals surface area contributed by atoms with Crippen LogP contribution in [0.2, 0.25) is 0 Å². The minimum absolute atomic E-state index is 0.0152. The molecule has 4 rings (SSSR count). The molecule has 6 heteroatoms. The maximum Gasteiger partial charge on any atom is 0.337 e. The van der Waals surface area contributed by atoms with E-state index in [9.17, 15) is 9.59 Å². The molecule has 1 unspecified atom stereocenters. The van der Waals surface area contributed by atoms with E-state index < -0.39 is 6.04 Å². The Hall–Kier alpha value is -2.96. The van der Waals surface area contributed by atoms with Crippen LogP contribution in [0.15, 0.2) is 60.7 Å². The first-order chi connectivity index (χ1) is 14.0. The Morgan fingerprint density at radius 2 is 1.69 bits per heavy atom. The lowest BCUT2D eigenvalue weighted by molar-refractivity contribution is -0.133. The van der Waals surface area contributed by atoms with Crippen molar-refractivity contribution in [3.63, 3.8) is 0 Å². The Bertz CT molecular complexity index is 1020. The highest BCUT2D eigenvalue weighted by molar-refractivity contribution is 7.15. The zero-order chi connectivity index (χ0) is 20.4. The average molecular weight is 407 g/mol. The largest absolute Gasteiger partial charge is 0.465 e. The third-order valence-corrected chi connectivity index (χ3v) is 6.30. The van der Waals surface area contributed by atoms with Crippen LogP contribution in [0.25, 0.3) is 10.4 Å². The van der Waals surface area contributed by atoms with Gasteiger partial charge in [0.15, 0.2) is 0 Å². The van der Waals surface area contributed by atoms with Crippen molar-refractivity contribution < 1.29 is 14.3 Å². The summed E-state index contributed by atoms with van der Waals surface area (Å²) in [6.45, 7) is 1.26. The maximum atomic E-state index is 12.8. The molecule has 0 aliphatic carbocycles. The number of carbonyl (C=O) groups excluding carboxylic acids is 2. The van der Waals surface area contributed by atoms with Crippen molar-refractivity contribution in [1.29, 1.82) is 0 Å². The number of nitrogens with two attached hydrogens (primary N) is 1. The van der Waals surface area contributed by atoms with E-state index in [1.54, 1.807) is 23.5 Å². The molecule has 29 heavy (non-hydrogen) atoms. The van der Waals surface area contributed by atoms with Crippen LogP contribution in [0.3, 0.4) is 0 Å². The second-order valence-electron chi connectivity index (χ2n) is 7.11. The number of amides is 1. The van der Waals surface area contributed by atoms with Crippen LogP contribution in [-0.4, -0.2) is 29.9 Å². The molecule has 1 aliphatic heterocycles. The fraction of sp³-hybridized carbons (Fsp3) is 0.217. The van der Waals surface area contributed by atoms with Gasteiger partial charge in [0.1, 0.15) is 0 Å². The Morgan fingerprint density at radius 3 is 2.31 bits per heavy atom. The molecular weight excluding hydrogens is 384 g/mol. The van der Waals surface area contributed by atoms with Gasteiger partial charge in [-0.15, -0.1) is 11.3 Å². The Labute approximate surface area is 173 Å². The van der Waals surface area contributed by atoms with Gasteiger partial charge in [0, 0.05) is 29.3 Å². The van der Waals surface area contributed by atoms with Crippen molar-refractivity contribution in [2.24, 2.45) is 5.73 Å². The molecular formula is C23H22N2O3S. The first-order valence-corrected chi connectivity index (χ1v) is 10.3. The van der Waals surface area contributed by atoms with Gasteiger partial charge in [-0.25, -0.2) is 4.79 Å². The second kappa shape index (κ2) is 8.19. The van der Waals surface area contributed by atoms with Crippen molar-refractivity contribution in [2.75, 3.05) is 7.11 Å². The van der Waals surface area contributed by atoms with Crippen LogP contribution >= 0.6 is 11.3 Å². The molecule has 1 aromatic heterocycles. The van der Waals surface area contributed by atoms with Crippen molar-refractivity contribution in [1.82, 2.24) is 4.90 Å². The van der Waals surface area contributed by atoms with Gasteiger partial charge in [-0.1, -0.05) is 36.4 Å². The van der Waals surface area contributed by atoms with Gasteiger partial charge in [-0.3, -0.25) is 4.79 Å². The molecule has 1 atom stereocenters. The zero-order valence-electron chi connectivity index (χ0n) is 16.1. The smallest absolute Gasteiger partial charge is 0.337 e. The van der Waals surface area contributed by atoms with Crippen LogP contribution in [0, 0.1) is 0 Å². The standard InChI is InChI=1S/C23H22N2O3S/c1-28-23(27)16-8-6-15(7-9-16)21-11-10-19(29-21)12-20(24)22(26)25-13-17-4-2-3-5-18(17)14-25/h2-11,20H,12-14,24H2,1H3. The van der Waals surface area contributed by atoms with E-state index in [4.69, 9.17) is 10.5 Å². The summed E-state index contributed by atoms with van der Waals surface area (Å²) in [5, 5.41) is 0. The molecule has 2 N–H and O–H groups in total. The number of nitrogens with zero attached hydrogens (tertiary/aromatic N) is 1. The molecule has 2 aromatic carbocycles. The van der Waals surface area contributed by atoms with Crippen molar-refractivity contribution in [3.05, 3.63) is 82.2 Å². The fourth-order valence-electron chi connectivity index (χ4n) is 3.56. The summed E-state index contributed by atoms with van der Waals surface area (Å²) in [6.07, 6.45) is 0.511. The number of benzene rings is 2. The van der Waals surface area contributed by atoms with Gasteiger partial charge in [-0.05, 0) is 41.0 Å². The van der Waals surface area contributed by atoms with E-state index in [2.05, 4.69) is 12.1 Å². The highest BCUT2D eigenvalue weighted by Crippen LogP contribution is 2.30. The van der Waals surface area contributed by atoms with E-state index in [0.29, 0.717) is 25.1 Å². The topological polar surface area (TPSA) is 72.6 Å². The molecule has 3 aromatic rings. The van der Waals surface area contributed by atoms with E-state index in [1.807, 2.05) is 41.3 Å². The highest BCUT2D eigenvalue weighted by atomic mass is 32.1. The number of rotatable bonds is 5. The number of esters is 1. The summed E-state index contributed by atoms with van der Waals surface area (Å²) in [5.74, 6) is -0.365. The molecule has 0 saturated heterocycles. The van der Waals surface area contributed by atoms with Gasteiger partial charge in [0.25, 0.3) is 0 Å². The lowest BCUT2D eigenvalue weighted by Gasteiger charge is -2.20. The molecule has 0 bridgehead atoms. The summed E-state index contributed by atoms with van der Waals surface area (Å²) >= 11 is 1.61. The lowest BCUT2D eigenvalue weighted by atomic mass is 10.1. The van der Waals surface area contributed by atoms with E-state index in [1.165, 1.54) is 18.2 Å². The molecule has 2 heterocycles. The predicted molar refractivity (Wildman–Crippen MR) is 113 cm³/mol. The minimum Gasteiger partial charge on any atom is -0.465 e. The Balaban J connectivity index is 1.40. The Kier molecular flexibility index (Phi) is 5.47. The minimum atomic E-state index is -0.558. The summed E-state index contributed by atoms with van der Waals surface area (Å²) in [6, 6.07) is 18.9. The molecule has 1 aliphatic rings.